The molecule has 5 rings (SSSR count). The fourth-order valence-corrected chi connectivity index (χ4v) is 4.44. The number of benzene rings is 1. The Morgan fingerprint density at radius 1 is 1.11 bits per heavy atom. The molecule has 0 amide bonds. The number of aromatic nitrogens is 5. The molecular weight excluding hydrogens is 374 g/mol. The maximum Gasteiger partial charge on any atom is 0.262 e. The standard InChI is InChI=1S/C21H20ClN5O/c1-13-23-21-24-17-10-11-26(16-8-3-2-4-9-16)20(28)18(17)19(27(21)25-13)14-6-5-7-15(22)12-14/h5-7,10-12,16H,2-4,8-9H2,1H3. The van der Waals surface area contributed by atoms with Crippen LogP contribution in [0.3, 0.4) is 0 Å². The van der Waals surface area contributed by atoms with Crippen LogP contribution in [0, 0.1) is 6.92 Å². The largest absolute Gasteiger partial charge is 0.312 e. The molecule has 0 atom stereocenters. The number of rotatable bonds is 2. The van der Waals surface area contributed by atoms with E-state index in [1.54, 1.807) is 4.52 Å². The summed E-state index contributed by atoms with van der Waals surface area (Å²) in [7, 11) is 0. The average molecular weight is 394 g/mol. The van der Waals surface area contributed by atoms with Crippen molar-refractivity contribution in [1.82, 2.24) is 24.1 Å². The van der Waals surface area contributed by atoms with Crippen LogP contribution in [0.2, 0.25) is 5.02 Å². The Kier molecular flexibility index (Phi) is 4.16. The zero-order valence-electron chi connectivity index (χ0n) is 15.6. The lowest BCUT2D eigenvalue weighted by atomic mass is 9.95. The van der Waals surface area contributed by atoms with Gasteiger partial charge in [-0.3, -0.25) is 4.79 Å². The Morgan fingerprint density at radius 3 is 2.71 bits per heavy atom. The zero-order chi connectivity index (χ0) is 19.3. The van der Waals surface area contributed by atoms with Crippen LogP contribution < -0.4 is 5.56 Å². The maximum atomic E-state index is 13.6. The fourth-order valence-electron chi connectivity index (χ4n) is 4.25. The SMILES string of the molecule is Cc1nc2nc3ccn(C4CCCCC4)c(=O)c3c(-c3cccc(Cl)c3)n2n1. The number of aryl methyl sites for hydroxylation is 1. The van der Waals surface area contributed by atoms with E-state index in [4.69, 9.17) is 11.6 Å². The summed E-state index contributed by atoms with van der Waals surface area (Å²) < 4.78 is 3.54. The van der Waals surface area contributed by atoms with E-state index in [0.29, 0.717) is 33.2 Å². The number of nitrogens with zero attached hydrogens (tertiary/aromatic N) is 5. The smallest absolute Gasteiger partial charge is 0.262 e. The van der Waals surface area contributed by atoms with E-state index in [1.165, 1.54) is 6.42 Å². The Labute approximate surface area is 166 Å². The molecule has 28 heavy (non-hydrogen) atoms. The Bertz CT molecular complexity index is 1250. The molecule has 0 spiro atoms. The van der Waals surface area contributed by atoms with Crippen molar-refractivity contribution in [1.29, 1.82) is 0 Å². The molecule has 1 aliphatic carbocycles. The van der Waals surface area contributed by atoms with Gasteiger partial charge in [0.05, 0.1) is 16.6 Å². The fraction of sp³-hybridized carbons (Fsp3) is 0.333. The predicted octanol–water partition coefficient (Wildman–Crippen LogP) is 4.57. The van der Waals surface area contributed by atoms with Crippen molar-refractivity contribution in [2.45, 2.75) is 45.1 Å². The zero-order valence-corrected chi connectivity index (χ0v) is 16.4. The van der Waals surface area contributed by atoms with Crippen molar-refractivity contribution < 1.29 is 0 Å². The molecule has 142 valence electrons. The first-order valence-corrected chi connectivity index (χ1v) is 10.0. The molecule has 0 bridgehead atoms. The molecule has 1 aromatic carbocycles. The summed E-state index contributed by atoms with van der Waals surface area (Å²) in [5.74, 6) is 1.09. The number of hydrogen-bond donors (Lipinski definition) is 0. The van der Waals surface area contributed by atoms with Crippen LogP contribution in [0.25, 0.3) is 27.9 Å². The van der Waals surface area contributed by atoms with E-state index in [1.807, 2.05) is 48.0 Å². The lowest BCUT2D eigenvalue weighted by Gasteiger charge is -2.24. The molecule has 0 radical (unpaired) electrons. The van der Waals surface area contributed by atoms with Crippen LogP contribution >= 0.6 is 11.6 Å². The van der Waals surface area contributed by atoms with Gasteiger partial charge in [0.25, 0.3) is 11.3 Å². The normalized spacial score (nSPS) is 15.5. The van der Waals surface area contributed by atoms with Crippen molar-refractivity contribution in [3.05, 3.63) is 57.7 Å². The Balaban J connectivity index is 1.87. The first kappa shape index (κ1) is 17.4. The van der Waals surface area contributed by atoms with Gasteiger partial charge in [0.1, 0.15) is 5.82 Å². The third-order valence-electron chi connectivity index (χ3n) is 5.53. The van der Waals surface area contributed by atoms with Gasteiger partial charge in [0.15, 0.2) is 0 Å². The third kappa shape index (κ3) is 2.79. The summed E-state index contributed by atoms with van der Waals surface area (Å²) in [6.07, 6.45) is 7.53. The van der Waals surface area contributed by atoms with Gasteiger partial charge in [0.2, 0.25) is 0 Å². The second kappa shape index (κ2) is 6.71. The molecule has 6 nitrogen and oxygen atoms in total. The highest BCUT2D eigenvalue weighted by atomic mass is 35.5. The number of fused-ring (bicyclic) bond motifs is 2. The minimum atomic E-state index is -0.0260. The number of hydrogen-bond acceptors (Lipinski definition) is 4. The topological polar surface area (TPSA) is 65.1 Å². The minimum absolute atomic E-state index is 0.0260. The maximum absolute atomic E-state index is 13.6. The van der Waals surface area contributed by atoms with Gasteiger partial charge in [-0.15, -0.1) is 5.10 Å². The molecule has 1 fully saturated rings. The molecule has 1 saturated carbocycles. The van der Waals surface area contributed by atoms with E-state index in [9.17, 15) is 4.79 Å². The molecule has 4 aromatic rings. The highest BCUT2D eigenvalue weighted by Crippen LogP contribution is 2.30. The summed E-state index contributed by atoms with van der Waals surface area (Å²) in [6, 6.07) is 9.65. The van der Waals surface area contributed by atoms with Gasteiger partial charge in [-0.05, 0) is 38.0 Å². The van der Waals surface area contributed by atoms with E-state index in [2.05, 4.69) is 15.1 Å². The van der Waals surface area contributed by atoms with Crippen molar-refractivity contribution in [2.75, 3.05) is 0 Å². The van der Waals surface area contributed by atoms with Crippen molar-refractivity contribution in [2.24, 2.45) is 0 Å². The summed E-state index contributed by atoms with van der Waals surface area (Å²) in [4.78, 5) is 22.6. The summed E-state index contributed by atoms with van der Waals surface area (Å²) >= 11 is 6.25. The molecule has 0 aliphatic heterocycles. The van der Waals surface area contributed by atoms with E-state index < -0.39 is 0 Å². The quantitative estimate of drug-likeness (QED) is 0.500. The van der Waals surface area contributed by atoms with Crippen molar-refractivity contribution in [3.8, 4) is 11.3 Å². The van der Waals surface area contributed by atoms with Crippen LogP contribution in [0.5, 0.6) is 0 Å². The monoisotopic (exact) mass is 393 g/mol. The van der Waals surface area contributed by atoms with E-state index >= 15 is 0 Å². The van der Waals surface area contributed by atoms with Gasteiger partial charge in [-0.2, -0.15) is 9.50 Å². The van der Waals surface area contributed by atoms with Crippen LogP contribution in [0.15, 0.2) is 41.3 Å². The summed E-state index contributed by atoms with van der Waals surface area (Å²) in [5.41, 5.74) is 2.13. The number of halogens is 1. The van der Waals surface area contributed by atoms with Gasteiger partial charge < -0.3 is 4.57 Å². The molecule has 3 heterocycles. The first-order chi connectivity index (χ1) is 13.6. The lowest BCUT2D eigenvalue weighted by Crippen LogP contribution is -2.27. The molecule has 3 aromatic heterocycles. The van der Waals surface area contributed by atoms with Gasteiger partial charge in [0, 0.05) is 22.8 Å². The molecule has 7 heteroatoms. The van der Waals surface area contributed by atoms with Crippen molar-refractivity contribution in [3.63, 3.8) is 0 Å². The van der Waals surface area contributed by atoms with Crippen molar-refractivity contribution >= 4 is 28.3 Å². The minimum Gasteiger partial charge on any atom is -0.312 e. The molecule has 0 unspecified atom stereocenters. The van der Waals surface area contributed by atoms with Crippen LogP contribution in [-0.4, -0.2) is 24.1 Å². The molecule has 0 saturated heterocycles. The van der Waals surface area contributed by atoms with Crippen LogP contribution in [-0.2, 0) is 0 Å². The average Bonchev–Trinajstić information content (AvgIpc) is 3.07. The Hall–Kier alpha value is -2.73. The highest BCUT2D eigenvalue weighted by molar-refractivity contribution is 6.30. The molecule has 1 aliphatic rings. The lowest BCUT2D eigenvalue weighted by molar-refractivity contribution is 0.347. The second-order valence-electron chi connectivity index (χ2n) is 7.42. The van der Waals surface area contributed by atoms with Gasteiger partial charge in [-0.1, -0.05) is 43.0 Å². The Morgan fingerprint density at radius 2 is 1.93 bits per heavy atom. The highest BCUT2D eigenvalue weighted by Gasteiger charge is 2.22. The van der Waals surface area contributed by atoms with Gasteiger partial charge in [-0.25, -0.2) is 4.98 Å². The number of pyridine rings is 1. The summed E-state index contributed by atoms with van der Waals surface area (Å²) in [5, 5.41) is 5.67. The first-order valence-electron chi connectivity index (χ1n) is 9.66. The predicted molar refractivity (Wildman–Crippen MR) is 110 cm³/mol. The molecular formula is C21H20ClN5O. The van der Waals surface area contributed by atoms with E-state index in [-0.39, 0.29) is 11.6 Å². The van der Waals surface area contributed by atoms with Gasteiger partial charge >= 0.3 is 0 Å². The van der Waals surface area contributed by atoms with E-state index in [0.717, 1.165) is 31.2 Å². The third-order valence-corrected chi connectivity index (χ3v) is 5.76. The van der Waals surface area contributed by atoms with Crippen LogP contribution in [0.1, 0.15) is 44.0 Å². The molecule has 0 N–H and O–H groups in total. The summed E-state index contributed by atoms with van der Waals surface area (Å²) in [6.45, 7) is 1.82. The van der Waals surface area contributed by atoms with Crippen LogP contribution in [0.4, 0.5) is 0 Å². The second-order valence-corrected chi connectivity index (χ2v) is 7.86.